The molecule has 0 unspecified atom stereocenters. The minimum absolute atomic E-state index is 0.160. The van der Waals surface area contributed by atoms with Crippen molar-refractivity contribution >= 4 is 22.7 Å². The van der Waals surface area contributed by atoms with Crippen LogP contribution in [0.15, 0.2) is 10.8 Å². The third kappa shape index (κ3) is 3.12. The predicted octanol–water partition coefficient (Wildman–Crippen LogP) is 3.31. The van der Waals surface area contributed by atoms with Crippen LogP contribution in [0.3, 0.4) is 0 Å². The van der Waals surface area contributed by atoms with Crippen molar-refractivity contribution in [3.63, 3.8) is 0 Å². The molecular weight excluding hydrogens is 250 g/mol. The first-order valence-corrected chi connectivity index (χ1v) is 7.54. The highest BCUT2D eigenvalue weighted by atomic mass is 32.1. The van der Waals surface area contributed by atoms with Gasteiger partial charge in [-0.05, 0) is 26.8 Å². The first-order valence-electron chi connectivity index (χ1n) is 5.78. The van der Waals surface area contributed by atoms with E-state index in [0.717, 1.165) is 34.4 Å². The molecule has 1 N–H and O–H groups in total. The molecule has 0 saturated carbocycles. The van der Waals surface area contributed by atoms with Crippen LogP contribution >= 0.6 is 22.7 Å². The summed E-state index contributed by atoms with van der Waals surface area (Å²) in [5.74, 6) is 0. The number of hydrogen-bond donors (Lipinski definition) is 1. The average Bonchev–Trinajstić information content (AvgIpc) is 2.89. The fourth-order valence-corrected chi connectivity index (χ4v) is 3.40. The van der Waals surface area contributed by atoms with E-state index in [9.17, 15) is 0 Å². The Balaban J connectivity index is 2.24. The molecule has 0 saturated heterocycles. The molecule has 0 aliphatic heterocycles. The molecule has 0 atom stereocenters. The van der Waals surface area contributed by atoms with E-state index in [1.54, 1.807) is 22.7 Å². The molecule has 2 rings (SSSR count). The Morgan fingerprint density at radius 2 is 1.65 bits per heavy atom. The highest BCUT2D eigenvalue weighted by molar-refractivity contribution is 7.11. The molecule has 92 valence electrons. The maximum atomic E-state index is 4.57. The Bertz CT molecular complexity index is 435. The summed E-state index contributed by atoms with van der Waals surface area (Å²) >= 11 is 3.41. The first-order chi connectivity index (χ1) is 8.20. The molecule has 0 fully saturated rings. The van der Waals surface area contributed by atoms with E-state index in [4.69, 9.17) is 0 Å². The van der Waals surface area contributed by atoms with Gasteiger partial charge in [-0.3, -0.25) is 0 Å². The van der Waals surface area contributed by atoms with E-state index in [1.165, 1.54) is 0 Å². The second-order valence-corrected chi connectivity index (χ2v) is 5.82. The lowest BCUT2D eigenvalue weighted by molar-refractivity contribution is 0.592. The summed E-state index contributed by atoms with van der Waals surface area (Å²) in [4.78, 5) is 9.14. The lowest BCUT2D eigenvalue weighted by atomic mass is 10.3. The van der Waals surface area contributed by atoms with Gasteiger partial charge in [-0.25, -0.2) is 9.97 Å². The molecular formula is C12H17N3S2. The minimum Gasteiger partial charge on any atom is -0.302 e. The van der Waals surface area contributed by atoms with Crippen molar-refractivity contribution in [3.05, 3.63) is 32.2 Å². The molecule has 0 spiro atoms. The Morgan fingerprint density at radius 3 is 2.00 bits per heavy atom. The van der Waals surface area contributed by atoms with Gasteiger partial charge in [0.15, 0.2) is 0 Å². The highest BCUT2D eigenvalue weighted by Crippen LogP contribution is 2.27. The van der Waals surface area contributed by atoms with Crippen LogP contribution in [-0.4, -0.2) is 16.5 Å². The van der Waals surface area contributed by atoms with Gasteiger partial charge >= 0.3 is 0 Å². The fourth-order valence-electron chi connectivity index (χ4n) is 1.58. The summed E-state index contributed by atoms with van der Waals surface area (Å²) in [5.41, 5.74) is 2.17. The molecule has 3 nitrogen and oxygen atoms in total. The summed E-state index contributed by atoms with van der Waals surface area (Å²) in [6.45, 7) is 7.22. The maximum Gasteiger partial charge on any atom is 0.117 e. The van der Waals surface area contributed by atoms with Gasteiger partial charge in [0.1, 0.15) is 16.1 Å². The zero-order chi connectivity index (χ0) is 12.3. The number of nitrogens with one attached hydrogen (secondary N) is 1. The van der Waals surface area contributed by atoms with Crippen molar-refractivity contribution in [1.82, 2.24) is 15.3 Å². The van der Waals surface area contributed by atoms with Gasteiger partial charge in [-0.1, -0.05) is 6.92 Å². The van der Waals surface area contributed by atoms with Gasteiger partial charge in [0.05, 0.1) is 0 Å². The van der Waals surface area contributed by atoms with Crippen LogP contribution in [-0.2, 0) is 0 Å². The zero-order valence-electron chi connectivity index (χ0n) is 10.4. The molecule has 0 aliphatic carbocycles. The van der Waals surface area contributed by atoms with E-state index in [1.807, 2.05) is 13.8 Å². The van der Waals surface area contributed by atoms with E-state index in [2.05, 4.69) is 33.0 Å². The van der Waals surface area contributed by atoms with Crippen LogP contribution in [0.2, 0.25) is 0 Å². The molecule has 0 aliphatic rings. The van der Waals surface area contributed by atoms with Gasteiger partial charge in [0.2, 0.25) is 0 Å². The standard InChI is InChI=1S/C12H17N3S2/c1-4-5-13-10(11-14-8(2)6-16-11)12-15-9(3)7-17-12/h6-7,10,13H,4-5H2,1-3H3. The Morgan fingerprint density at radius 1 is 1.12 bits per heavy atom. The number of thiazole rings is 2. The van der Waals surface area contributed by atoms with E-state index in [-0.39, 0.29) is 6.04 Å². The molecule has 2 aromatic rings. The van der Waals surface area contributed by atoms with E-state index >= 15 is 0 Å². The first kappa shape index (κ1) is 12.7. The highest BCUT2D eigenvalue weighted by Gasteiger charge is 2.19. The molecule has 17 heavy (non-hydrogen) atoms. The monoisotopic (exact) mass is 267 g/mol. The third-order valence-electron chi connectivity index (χ3n) is 2.37. The second-order valence-electron chi connectivity index (χ2n) is 4.04. The fraction of sp³-hybridized carbons (Fsp3) is 0.500. The minimum atomic E-state index is 0.160. The van der Waals surface area contributed by atoms with Crippen molar-refractivity contribution in [2.45, 2.75) is 33.2 Å². The molecule has 2 aromatic heterocycles. The van der Waals surface area contributed by atoms with Crippen LogP contribution in [0.25, 0.3) is 0 Å². The van der Waals surface area contributed by atoms with Crippen molar-refractivity contribution in [2.24, 2.45) is 0 Å². The lowest BCUT2D eigenvalue weighted by Gasteiger charge is -2.13. The maximum absolute atomic E-state index is 4.57. The Hall–Kier alpha value is -0.780. The van der Waals surface area contributed by atoms with Crippen LogP contribution in [0, 0.1) is 13.8 Å². The number of aryl methyl sites for hydroxylation is 2. The van der Waals surface area contributed by atoms with Crippen LogP contribution in [0.4, 0.5) is 0 Å². The van der Waals surface area contributed by atoms with E-state index in [0.29, 0.717) is 0 Å². The SMILES string of the molecule is CCCNC(c1nc(C)cs1)c1nc(C)cs1. The van der Waals surface area contributed by atoms with E-state index < -0.39 is 0 Å². The van der Waals surface area contributed by atoms with Gasteiger partial charge < -0.3 is 5.32 Å². The molecule has 0 bridgehead atoms. The topological polar surface area (TPSA) is 37.8 Å². The summed E-state index contributed by atoms with van der Waals surface area (Å²) in [5, 5.41) is 9.94. The summed E-state index contributed by atoms with van der Waals surface area (Å²) < 4.78 is 0. The van der Waals surface area contributed by atoms with Gasteiger partial charge in [-0.15, -0.1) is 22.7 Å². The normalized spacial score (nSPS) is 11.3. The quantitative estimate of drug-likeness (QED) is 0.903. The number of nitrogens with zero attached hydrogens (tertiary/aromatic N) is 2. The summed E-state index contributed by atoms with van der Waals surface area (Å²) in [6.07, 6.45) is 1.12. The number of aromatic nitrogens is 2. The zero-order valence-corrected chi connectivity index (χ0v) is 12.0. The molecule has 2 heterocycles. The number of rotatable bonds is 5. The van der Waals surface area contributed by atoms with Crippen molar-refractivity contribution in [3.8, 4) is 0 Å². The summed E-state index contributed by atoms with van der Waals surface area (Å²) in [6, 6.07) is 0.160. The Labute approximate surface area is 110 Å². The van der Waals surface area contributed by atoms with Crippen LogP contribution in [0.5, 0.6) is 0 Å². The second kappa shape index (κ2) is 5.71. The van der Waals surface area contributed by atoms with Crippen molar-refractivity contribution in [1.29, 1.82) is 0 Å². The van der Waals surface area contributed by atoms with Crippen LogP contribution < -0.4 is 5.32 Å². The van der Waals surface area contributed by atoms with Crippen molar-refractivity contribution in [2.75, 3.05) is 6.54 Å². The van der Waals surface area contributed by atoms with Crippen LogP contribution in [0.1, 0.15) is 40.8 Å². The van der Waals surface area contributed by atoms with Crippen molar-refractivity contribution < 1.29 is 0 Å². The van der Waals surface area contributed by atoms with Gasteiger partial charge in [-0.2, -0.15) is 0 Å². The van der Waals surface area contributed by atoms with Gasteiger partial charge in [0, 0.05) is 22.1 Å². The average molecular weight is 267 g/mol. The molecule has 0 aromatic carbocycles. The largest absolute Gasteiger partial charge is 0.302 e. The third-order valence-corrected chi connectivity index (χ3v) is 4.42. The molecule has 0 amide bonds. The number of hydrogen-bond acceptors (Lipinski definition) is 5. The summed E-state index contributed by atoms with van der Waals surface area (Å²) in [7, 11) is 0. The predicted molar refractivity (Wildman–Crippen MR) is 73.8 cm³/mol. The molecule has 5 heteroatoms. The Kier molecular flexibility index (Phi) is 4.25. The van der Waals surface area contributed by atoms with Gasteiger partial charge in [0.25, 0.3) is 0 Å². The molecule has 0 radical (unpaired) electrons. The lowest BCUT2D eigenvalue weighted by Crippen LogP contribution is -2.23. The smallest absolute Gasteiger partial charge is 0.117 e.